The number of hydrogen-bond acceptors (Lipinski definition) is 3. The van der Waals surface area contributed by atoms with Crippen molar-refractivity contribution in [3.8, 4) is 0 Å². The minimum Gasteiger partial charge on any atom is -0.369 e. The number of benzene rings is 2. The molecule has 6 heteroatoms. The van der Waals surface area contributed by atoms with Crippen molar-refractivity contribution in [3.05, 3.63) is 60.3 Å². The number of nitrogens with zero attached hydrogens (tertiary/aromatic N) is 2. The van der Waals surface area contributed by atoms with Crippen LogP contribution in [0.3, 0.4) is 0 Å². The topological polar surface area (TPSA) is 77.4 Å². The number of piperazine rings is 1. The molecule has 2 amide bonds. The number of primary amides is 1. The molecule has 0 bridgehead atoms. The van der Waals surface area contributed by atoms with E-state index in [1.54, 1.807) is 0 Å². The smallest absolute Gasteiger partial charge is 0.316 e. The molecule has 1 saturated heterocycles. The van der Waals surface area contributed by atoms with Gasteiger partial charge in [-0.15, -0.1) is 0 Å². The number of H-pyrrole nitrogens is 1. The summed E-state index contributed by atoms with van der Waals surface area (Å²) in [4.78, 5) is 19.5. The molecule has 0 atom stereocenters. The Morgan fingerprint density at radius 1 is 1.03 bits per heavy atom. The maximum absolute atomic E-state index is 11.1. The largest absolute Gasteiger partial charge is 0.369 e. The standard InChI is InChI=1S/C23H29N5O/c24-23(29)26-19-9-10-22-21(16-19)18(17-25-22)6-4-5-11-27-12-14-28(15-13-27)20-7-2-1-3-8-20/h1-3,7-10,16-17,25H,4-6,11-15H2,(H3,24,26,29). The van der Waals surface area contributed by atoms with Crippen molar-refractivity contribution >= 4 is 28.3 Å². The minimum atomic E-state index is -0.534. The van der Waals surface area contributed by atoms with Crippen molar-refractivity contribution in [2.75, 3.05) is 42.9 Å². The van der Waals surface area contributed by atoms with Gasteiger partial charge in [0.25, 0.3) is 0 Å². The number of nitrogens with one attached hydrogen (secondary N) is 2. The Labute approximate surface area is 171 Å². The molecular formula is C23H29N5O. The maximum atomic E-state index is 11.1. The lowest BCUT2D eigenvalue weighted by Gasteiger charge is -2.36. The fourth-order valence-corrected chi connectivity index (χ4v) is 4.12. The van der Waals surface area contributed by atoms with Crippen LogP contribution in [0, 0.1) is 0 Å². The van der Waals surface area contributed by atoms with E-state index < -0.39 is 6.03 Å². The van der Waals surface area contributed by atoms with Gasteiger partial charge in [-0.05, 0) is 61.7 Å². The summed E-state index contributed by atoms with van der Waals surface area (Å²) in [5.41, 5.74) is 9.68. The number of aromatic nitrogens is 1. The molecule has 1 fully saturated rings. The quantitative estimate of drug-likeness (QED) is 0.536. The number of fused-ring (bicyclic) bond motifs is 1. The Morgan fingerprint density at radius 2 is 1.83 bits per heavy atom. The van der Waals surface area contributed by atoms with Gasteiger partial charge in [0, 0.05) is 54.7 Å². The summed E-state index contributed by atoms with van der Waals surface area (Å²) in [6.45, 7) is 5.61. The van der Waals surface area contributed by atoms with Gasteiger partial charge in [-0.25, -0.2) is 4.79 Å². The average Bonchev–Trinajstić information content (AvgIpc) is 3.14. The number of urea groups is 1. The Kier molecular flexibility index (Phi) is 6.00. The lowest BCUT2D eigenvalue weighted by Crippen LogP contribution is -2.46. The molecule has 0 saturated carbocycles. The van der Waals surface area contributed by atoms with Gasteiger partial charge in [0.15, 0.2) is 0 Å². The molecule has 0 radical (unpaired) electrons. The molecular weight excluding hydrogens is 362 g/mol. The van der Waals surface area contributed by atoms with Crippen LogP contribution in [0.5, 0.6) is 0 Å². The van der Waals surface area contributed by atoms with E-state index in [4.69, 9.17) is 5.73 Å². The number of aryl methyl sites for hydroxylation is 1. The number of carbonyl (C=O) groups excluding carboxylic acids is 1. The molecule has 6 nitrogen and oxygen atoms in total. The van der Waals surface area contributed by atoms with Crippen LogP contribution in [0.1, 0.15) is 18.4 Å². The Morgan fingerprint density at radius 3 is 2.59 bits per heavy atom. The summed E-state index contributed by atoms with van der Waals surface area (Å²) < 4.78 is 0. The molecule has 3 aromatic rings. The lowest BCUT2D eigenvalue weighted by molar-refractivity contribution is 0.253. The first-order valence-corrected chi connectivity index (χ1v) is 10.4. The second kappa shape index (κ2) is 9.01. The highest BCUT2D eigenvalue weighted by Gasteiger charge is 2.16. The van der Waals surface area contributed by atoms with Crippen LogP contribution in [-0.2, 0) is 6.42 Å². The van der Waals surface area contributed by atoms with Crippen molar-refractivity contribution in [2.45, 2.75) is 19.3 Å². The number of rotatable bonds is 7. The van der Waals surface area contributed by atoms with Crippen LogP contribution in [-0.4, -0.2) is 48.6 Å². The summed E-state index contributed by atoms with van der Waals surface area (Å²) in [6, 6.07) is 16.0. The molecule has 0 spiro atoms. The molecule has 0 unspecified atom stereocenters. The van der Waals surface area contributed by atoms with E-state index in [-0.39, 0.29) is 0 Å². The average molecular weight is 392 g/mol. The molecule has 1 aromatic heterocycles. The highest BCUT2D eigenvalue weighted by Crippen LogP contribution is 2.24. The van der Waals surface area contributed by atoms with Crippen LogP contribution in [0.15, 0.2) is 54.7 Å². The summed E-state index contributed by atoms with van der Waals surface area (Å²) in [5.74, 6) is 0. The van der Waals surface area contributed by atoms with Crippen molar-refractivity contribution in [1.82, 2.24) is 9.88 Å². The maximum Gasteiger partial charge on any atom is 0.316 e. The van der Waals surface area contributed by atoms with Crippen LogP contribution in [0.4, 0.5) is 16.2 Å². The predicted molar refractivity (Wildman–Crippen MR) is 120 cm³/mol. The fourth-order valence-electron chi connectivity index (χ4n) is 4.12. The van der Waals surface area contributed by atoms with Gasteiger partial charge >= 0.3 is 6.03 Å². The van der Waals surface area contributed by atoms with E-state index in [0.29, 0.717) is 0 Å². The summed E-state index contributed by atoms with van der Waals surface area (Å²) >= 11 is 0. The number of hydrogen-bond donors (Lipinski definition) is 3. The van der Waals surface area contributed by atoms with Crippen LogP contribution in [0.25, 0.3) is 10.9 Å². The van der Waals surface area contributed by atoms with Gasteiger partial charge < -0.3 is 20.9 Å². The van der Waals surface area contributed by atoms with E-state index in [1.165, 1.54) is 17.7 Å². The first-order chi connectivity index (χ1) is 14.2. The molecule has 2 aromatic carbocycles. The third-order valence-electron chi connectivity index (χ3n) is 5.70. The zero-order valence-corrected chi connectivity index (χ0v) is 16.7. The van der Waals surface area contributed by atoms with E-state index in [2.05, 4.69) is 56.6 Å². The molecule has 4 N–H and O–H groups in total. The number of amides is 2. The predicted octanol–water partition coefficient (Wildman–Crippen LogP) is 3.80. The third kappa shape index (κ3) is 4.90. The van der Waals surface area contributed by atoms with Gasteiger partial charge in [0.2, 0.25) is 0 Å². The van der Waals surface area contributed by atoms with Crippen LogP contribution < -0.4 is 16.0 Å². The first kappa shape index (κ1) is 19.3. The second-order valence-corrected chi connectivity index (χ2v) is 7.68. The van der Waals surface area contributed by atoms with E-state index in [1.807, 2.05) is 18.2 Å². The molecule has 1 aliphatic heterocycles. The molecule has 4 rings (SSSR count). The SMILES string of the molecule is NC(=O)Nc1ccc2[nH]cc(CCCCN3CCN(c4ccccc4)CC3)c2c1. The monoisotopic (exact) mass is 391 g/mol. The normalized spacial score (nSPS) is 15.0. The molecule has 0 aliphatic carbocycles. The van der Waals surface area contributed by atoms with Crippen LogP contribution >= 0.6 is 0 Å². The number of anilines is 2. The van der Waals surface area contributed by atoms with Crippen molar-refractivity contribution in [3.63, 3.8) is 0 Å². The highest BCUT2D eigenvalue weighted by molar-refractivity contribution is 5.93. The number of para-hydroxylation sites is 1. The zero-order chi connectivity index (χ0) is 20.1. The van der Waals surface area contributed by atoms with Crippen LogP contribution in [0.2, 0.25) is 0 Å². The molecule has 1 aliphatic rings. The minimum absolute atomic E-state index is 0.534. The second-order valence-electron chi connectivity index (χ2n) is 7.68. The third-order valence-corrected chi connectivity index (χ3v) is 5.70. The molecule has 29 heavy (non-hydrogen) atoms. The van der Waals surface area contributed by atoms with Crippen molar-refractivity contribution in [1.29, 1.82) is 0 Å². The molecule has 2 heterocycles. The first-order valence-electron chi connectivity index (χ1n) is 10.4. The highest BCUT2D eigenvalue weighted by atomic mass is 16.2. The van der Waals surface area contributed by atoms with E-state index in [0.717, 1.165) is 62.2 Å². The zero-order valence-electron chi connectivity index (χ0n) is 16.7. The summed E-state index contributed by atoms with van der Waals surface area (Å²) in [5, 5.41) is 3.81. The Bertz CT molecular complexity index is 944. The van der Waals surface area contributed by atoms with Gasteiger partial charge in [0.1, 0.15) is 0 Å². The molecule has 152 valence electrons. The van der Waals surface area contributed by atoms with Gasteiger partial charge in [-0.1, -0.05) is 18.2 Å². The van der Waals surface area contributed by atoms with Crippen molar-refractivity contribution < 1.29 is 4.79 Å². The summed E-state index contributed by atoms with van der Waals surface area (Å²) in [7, 11) is 0. The fraction of sp³-hybridized carbons (Fsp3) is 0.348. The number of aromatic amines is 1. The van der Waals surface area contributed by atoms with E-state index >= 15 is 0 Å². The lowest BCUT2D eigenvalue weighted by atomic mass is 10.1. The van der Waals surface area contributed by atoms with Gasteiger partial charge in [-0.3, -0.25) is 4.90 Å². The summed E-state index contributed by atoms with van der Waals surface area (Å²) in [6.07, 6.45) is 5.46. The van der Waals surface area contributed by atoms with E-state index in [9.17, 15) is 4.79 Å². The number of carbonyl (C=O) groups is 1. The Hall–Kier alpha value is -2.99. The van der Waals surface area contributed by atoms with Gasteiger partial charge in [0.05, 0.1) is 0 Å². The van der Waals surface area contributed by atoms with Gasteiger partial charge in [-0.2, -0.15) is 0 Å². The number of unbranched alkanes of at least 4 members (excludes halogenated alkanes) is 1. The van der Waals surface area contributed by atoms with Crippen molar-refractivity contribution in [2.24, 2.45) is 5.73 Å². The Balaban J connectivity index is 1.23. The number of nitrogens with two attached hydrogens (primary N) is 1.